The Hall–Kier alpha value is -1.86. The molecule has 1 unspecified atom stereocenters. The summed E-state index contributed by atoms with van der Waals surface area (Å²) in [5.41, 5.74) is -0.194. The van der Waals surface area contributed by atoms with Crippen LogP contribution < -0.4 is 10.6 Å². The van der Waals surface area contributed by atoms with Crippen molar-refractivity contribution in [3.05, 3.63) is 34.6 Å². The molecule has 0 aromatic heterocycles. The maximum absolute atomic E-state index is 13.8. The molecule has 0 bridgehead atoms. The third-order valence-electron chi connectivity index (χ3n) is 3.90. The Morgan fingerprint density at radius 3 is 2.81 bits per heavy atom. The van der Waals surface area contributed by atoms with Crippen LogP contribution in [-0.2, 0) is 16.1 Å². The van der Waals surface area contributed by atoms with E-state index in [1.807, 2.05) is 20.8 Å². The zero-order valence-electron chi connectivity index (χ0n) is 15.3. The van der Waals surface area contributed by atoms with Crippen molar-refractivity contribution >= 4 is 23.6 Å². The van der Waals surface area contributed by atoms with Gasteiger partial charge in [0.1, 0.15) is 11.4 Å². The summed E-state index contributed by atoms with van der Waals surface area (Å²) in [7, 11) is 0. The maximum atomic E-state index is 13.8. The van der Waals surface area contributed by atoms with E-state index in [0.717, 1.165) is 6.42 Å². The van der Waals surface area contributed by atoms with Gasteiger partial charge in [0.25, 0.3) is 0 Å². The fourth-order valence-corrected chi connectivity index (χ4v) is 2.79. The lowest BCUT2D eigenvalue weighted by Gasteiger charge is -2.24. The highest BCUT2D eigenvalue weighted by Gasteiger charge is 2.29. The average Bonchev–Trinajstić information content (AvgIpc) is 3.02. The maximum Gasteiger partial charge on any atom is 0.410 e. The predicted molar refractivity (Wildman–Crippen MR) is 97.5 cm³/mol. The topological polar surface area (TPSA) is 70.7 Å². The summed E-state index contributed by atoms with van der Waals surface area (Å²) in [6.45, 7) is 6.71. The fourth-order valence-electron chi connectivity index (χ4n) is 2.60. The van der Waals surface area contributed by atoms with Crippen molar-refractivity contribution in [2.45, 2.75) is 45.4 Å². The standard InChI is InChI=1S/C18H25ClFN3O3/c1-18(2,3)26-17(25)23-8-7-13(11-23)21-10-15(24)22-9-12-5-4-6-14(19)16(12)20/h4-6,13,21H,7-11H2,1-3H3,(H,22,24). The Morgan fingerprint density at radius 1 is 1.38 bits per heavy atom. The average molecular weight is 386 g/mol. The number of carbonyl (C=O) groups is 2. The van der Waals surface area contributed by atoms with Crippen molar-refractivity contribution in [2.24, 2.45) is 0 Å². The van der Waals surface area contributed by atoms with E-state index in [1.165, 1.54) is 6.07 Å². The number of halogens is 2. The Morgan fingerprint density at radius 2 is 2.12 bits per heavy atom. The van der Waals surface area contributed by atoms with Crippen molar-refractivity contribution in [1.82, 2.24) is 15.5 Å². The first kappa shape index (κ1) is 20.5. The molecule has 2 N–H and O–H groups in total. The van der Waals surface area contributed by atoms with Gasteiger partial charge in [-0.2, -0.15) is 0 Å². The van der Waals surface area contributed by atoms with Crippen LogP contribution in [0.5, 0.6) is 0 Å². The van der Waals surface area contributed by atoms with Crippen LogP contribution in [0.15, 0.2) is 18.2 Å². The smallest absolute Gasteiger partial charge is 0.410 e. The molecule has 0 radical (unpaired) electrons. The van der Waals surface area contributed by atoms with Gasteiger partial charge in [0, 0.05) is 31.2 Å². The lowest BCUT2D eigenvalue weighted by molar-refractivity contribution is -0.120. The minimum Gasteiger partial charge on any atom is -0.444 e. The number of carbonyl (C=O) groups excluding carboxylic acids is 2. The molecular formula is C18H25ClFN3O3. The number of hydrogen-bond donors (Lipinski definition) is 2. The molecule has 1 aliphatic rings. The normalized spacial score (nSPS) is 17.3. The molecule has 1 aliphatic heterocycles. The van der Waals surface area contributed by atoms with E-state index in [-0.39, 0.29) is 36.2 Å². The number of nitrogens with one attached hydrogen (secondary N) is 2. The number of hydrogen-bond acceptors (Lipinski definition) is 4. The lowest BCUT2D eigenvalue weighted by Crippen LogP contribution is -2.42. The molecule has 1 atom stereocenters. The second kappa shape index (κ2) is 8.68. The molecule has 0 aliphatic carbocycles. The summed E-state index contributed by atoms with van der Waals surface area (Å²) < 4.78 is 19.1. The van der Waals surface area contributed by atoms with E-state index in [1.54, 1.807) is 17.0 Å². The largest absolute Gasteiger partial charge is 0.444 e. The summed E-state index contributed by atoms with van der Waals surface area (Å²) in [6.07, 6.45) is 0.401. The molecule has 1 heterocycles. The number of nitrogens with zero attached hydrogens (tertiary/aromatic N) is 1. The van der Waals surface area contributed by atoms with Crippen molar-refractivity contribution < 1.29 is 18.7 Å². The van der Waals surface area contributed by atoms with Crippen LogP contribution in [0.1, 0.15) is 32.8 Å². The molecule has 1 fully saturated rings. The Bertz CT molecular complexity index is 664. The van der Waals surface area contributed by atoms with Crippen molar-refractivity contribution in [3.63, 3.8) is 0 Å². The molecule has 8 heteroatoms. The third kappa shape index (κ3) is 6.14. The predicted octanol–water partition coefficient (Wildman–Crippen LogP) is 2.69. The van der Waals surface area contributed by atoms with Gasteiger partial charge >= 0.3 is 6.09 Å². The van der Waals surface area contributed by atoms with Gasteiger partial charge < -0.3 is 20.3 Å². The van der Waals surface area contributed by atoms with Crippen molar-refractivity contribution in [1.29, 1.82) is 0 Å². The number of rotatable bonds is 5. The molecule has 144 valence electrons. The van der Waals surface area contributed by atoms with Gasteiger partial charge in [-0.25, -0.2) is 9.18 Å². The SMILES string of the molecule is CC(C)(C)OC(=O)N1CCC(NCC(=O)NCc2cccc(Cl)c2F)C1. The highest BCUT2D eigenvalue weighted by molar-refractivity contribution is 6.30. The van der Waals surface area contributed by atoms with E-state index >= 15 is 0 Å². The minimum absolute atomic E-state index is 0.0242. The van der Waals surface area contributed by atoms with Crippen LogP contribution in [0.3, 0.4) is 0 Å². The lowest BCUT2D eigenvalue weighted by atomic mass is 10.2. The highest BCUT2D eigenvalue weighted by Crippen LogP contribution is 2.17. The molecule has 2 rings (SSSR count). The van der Waals surface area contributed by atoms with Gasteiger partial charge in [-0.15, -0.1) is 0 Å². The van der Waals surface area contributed by atoms with E-state index in [2.05, 4.69) is 10.6 Å². The number of ether oxygens (including phenoxy) is 1. The molecule has 1 aromatic carbocycles. The zero-order chi connectivity index (χ0) is 19.3. The number of likely N-dealkylation sites (tertiary alicyclic amines) is 1. The first-order valence-electron chi connectivity index (χ1n) is 8.56. The van der Waals surface area contributed by atoms with Crippen LogP contribution in [0.4, 0.5) is 9.18 Å². The Kier molecular flexibility index (Phi) is 6.83. The molecule has 2 amide bonds. The Labute approximate surface area is 158 Å². The fraction of sp³-hybridized carbons (Fsp3) is 0.556. The van der Waals surface area contributed by atoms with E-state index in [9.17, 15) is 14.0 Å². The molecule has 0 saturated carbocycles. The first-order valence-corrected chi connectivity index (χ1v) is 8.94. The van der Waals surface area contributed by atoms with Crippen molar-refractivity contribution in [3.8, 4) is 0 Å². The molecular weight excluding hydrogens is 361 g/mol. The second-order valence-corrected chi connectivity index (χ2v) is 7.69. The summed E-state index contributed by atoms with van der Waals surface area (Å²) in [6, 6.07) is 4.69. The number of benzene rings is 1. The summed E-state index contributed by atoms with van der Waals surface area (Å²) in [5, 5.41) is 5.79. The minimum atomic E-state index is -0.530. The number of amides is 2. The van der Waals surface area contributed by atoms with E-state index in [0.29, 0.717) is 18.7 Å². The van der Waals surface area contributed by atoms with Crippen LogP contribution in [0.2, 0.25) is 5.02 Å². The van der Waals surface area contributed by atoms with E-state index < -0.39 is 11.4 Å². The van der Waals surface area contributed by atoms with Gasteiger partial charge in [-0.1, -0.05) is 23.7 Å². The first-order chi connectivity index (χ1) is 12.2. The highest BCUT2D eigenvalue weighted by atomic mass is 35.5. The van der Waals surface area contributed by atoms with Gasteiger partial charge in [-0.05, 0) is 33.3 Å². The summed E-state index contributed by atoms with van der Waals surface area (Å²) in [4.78, 5) is 25.6. The Balaban J connectivity index is 1.71. The van der Waals surface area contributed by atoms with E-state index in [4.69, 9.17) is 16.3 Å². The summed E-state index contributed by atoms with van der Waals surface area (Å²) >= 11 is 5.71. The van der Waals surface area contributed by atoms with Gasteiger partial charge in [-0.3, -0.25) is 4.79 Å². The molecule has 1 saturated heterocycles. The quantitative estimate of drug-likeness (QED) is 0.817. The summed E-state index contributed by atoms with van der Waals surface area (Å²) in [5.74, 6) is -0.772. The van der Waals surface area contributed by atoms with Crippen LogP contribution in [0.25, 0.3) is 0 Å². The van der Waals surface area contributed by atoms with Crippen LogP contribution >= 0.6 is 11.6 Å². The zero-order valence-corrected chi connectivity index (χ0v) is 16.0. The second-order valence-electron chi connectivity index (χ2n) is 7.28. The van der Waals surface area contributed by atoms with Gasteiger partial charge in [0.2, 0.25) is 5.91 Å². The third-order valence-corrected chi connectivity index (χ3v) is 4.19. The monoisotopic (exact) mass is 385 g/mol. The molecule has 0 spiro atoms. The van der Waals surface area contributed by atoms with Crippen LogP contribution in [-0.4, -0.2) is 48.2 Å². The van der Waals surface area contributed by atoms with Gasteiger partial charge in [0.15, 0.2) is 0 Å². The van der Waals surface area contributed by atoms with Gasteiger partial charge in [0.05, 0.1) is 11.6 Å². The molecule has 26 heavy (non-hydrogen) atoms. The van der Waals surface area contributed by atoms with Crippen LogP contribution in [0, 0.1) is 5.82 Å². The van der Waals surface area contributed by atoms with Crippen molar-refractivity contribution in [2.75, 3.05) is 19.6 Å². The molecule has 1 aromatic rings. The molecule has 6 nitrogen and oxygen atoms in total.